The summed E-state index contributed by atoms with van der Waals surface area (Å²) in [6, 6.07) is 8.41. The summed E-state index contributed by atoms with van der Waals surface area (Å²) in [6.07, 6.45) is 3.81. The van der Waals surface area contributed by atoms with Gasteiger partial charge in [-0.3, -0.25) is 14.5 Å². The fraction of sp³-hybridized carbons (Fsp3) is 0.304. The molecule has 3 aromatic rings. The predicted molar refractivity (Wildman–Crippen MR) is 123 cm³/mol. The van der Waals surface area contributed by atoms with Crippen molar-refractivity contribution >= 4 is 23.3 Å². The Morgan fingerprint density at radius 1 is 1.24 bits per heavy atom. The number of hydrogen-bond donors (Lipinski definition) is 2. The lowest BCUT2D eigenvalue weighted by Crippen LogP contribution is -2.52. The van der Waals surface area contributed by atoms with E-state index in [9.17, 15) is 18.4 Å². The van der Waals surface area contributed by atoms with Gasteiger partial charge in [-0.05, 0) is 30.7 Å². The normalized spacial score (nSPS) is 18.8. The van der Waals surface area contributed by atoms with Gasteiger partial charge in [0.05, 0.1) is 23.2 Å². The van der Waals surface area contributed by atoms with Crippen LogP contribution in [0.5, 0.6) is 11.6 Å². The second kappa shape index (κ2) is 9.86. The second-order valence-electron chi connectivity index (χ2n) is 8.01. The maximum atomic E-state index is 14.6. The molecule has 11 heteroatoms. The topological polar surface area (TPSA) is 100 Å². The number of hydrogen-bond acceptors (Lipinski definition) is 6. The van der Waals surface area contributed by atoms with Crippen molar-refractivity contribution in [2.75, 3.05) is 18.4 Å². The third kappa shape index (κ3) is 5.57. The summed E-state index contributed by atoms with van der Waals surface area (Å²) in [5, 5.41) is 3.19. The molecule has 4 heterocycles. The van der Waals surface area contributed by atoms with Gasteiger partial charge in [0.15, 0.2) is 0 Å². The number of anilines is 1. The minimum absolute atomic E-state index is 0.0259. The molecule has 0 aromatic carbocycles. The van der Waals surface area contributed by atoms with Gasteiger partial charge in [0.2, 0.25) is 17.3 Å². The fourth-order valence-corrected chi connectivity index (χ4v) is 3.83. The Balaban J connectivity index is 1.38. The first-order valence-corrected chi connectivity index (χ1v) is 11.0. The average molecular weight is 490 g/mol. The van der Waals surface area contributed by atoms with Crippen LogP contribution in [0.15, 0.2) is 59.8 Å². The molecule has 178 valence electrons. The van der Waals surface area contributed by atoms with Crippen molar-refractivity contribution < 1.29 is 18.3 Å². The maximum Gasteiger partial charge on any atom is 0.257 e. The summed E-state index contributed by atoms with van der Waals surface area (Å²) in [5.74, 6) is -3.39. The van der Waals surface area contributed by atoms with E-state index in [-0.39, 0.29) is 24.6 Å². The SMILES string of the molecule is CC(C(=O)Nc1ccc(Oc2ccc(Cl)cn2)cn1)N1CCC(F)(F)[C@@H](c2ccc(=O)[nH]c2)C1. The summed E-state index contributed by atoms with van der Waals surface area (Å²) in [6.45, 7) is 1.70. The van der Waals surface area contributed by atoms with Gasteiger partial charge in [0, 0.05) is 44.0 Å². The highest BCUT2D eigenvalue weighted by molar-refractivity contribution is 6.30. The van der Waals surface area contributed by atoms with Crippen LogP contribution < -0.4 is 15.6 Å². The molecule has 1 unspecified atom stereocenters. The molecule has 3 aromatic heterocycles. The van der Waals surface area contributed by atoms with Crippen LogP contribution in [0.25, 0.3) is 0 Å². The maximum absolute atomic E-state index is 14.6. The van der Waals surface area contributed by atoms with E-state index in [1.54, 1.807) is 36.1 Å². The van der Waals surface area contributed by atoms with Crippen LogP contribution >= 0.6 is 11.6 Å². The third-order valence-corrected chi connectivity index (χ3v) is 5.93. The molecule has 0 spiro atoms. The first kappa shape index (κ1) is 23.8. The molecule has 0 aliphatic carbocycles. The zero-order valence-electron chi connectivity index (χ0n) is 18.2. The number of piperidine rings is 1. The number of likely N-dealkylation sites (tertiary alicyclic amines) is 1. The van der Waals surface area contributed by atoms with Gasteiger partial charge in [-0.1, -0.05) is 17.7 Å². The van der Waals surface area contributed by atoms with Crippen LogP contribution in [0.2, 0.25) is 5.02 Å². The van der Waals surface area contributed by atoms with E-state index in [2.05, 4.69) is 20.3 Å². The number of pyridine rings is 3. The van der Waals surface area contributed by atoms with Crippen LogP contribution in [-0.4, -0.2) is 50.8 Å². The first-order valence-electron chi connectivity index (χ1n) is 10.6. The first-order chi connectivity index (χ1) is 16.2. The van der Waals surface area contributed by atoms with Gasteiger partial charge in [-0.25, -0.2) is 18.7 Å². The van der Waals surface area contributed by atoms with E-state index >= 15 is 0 Å². The quantitative estimate of drug-likeness (QED) is 0.541. The van der Waals surface area contributed by atoms with Crippen LogP contribution in [0.4, 0.5) is 14.6 Å². The van der Waals surface area contributed by atoms with Crippen LogP contribution in [0, 0.1) is 0 Å². The summed E-state index contributed by atoms with van der Waals surface area (Å²) in [4.78, 5) is 36.4. The highest BCUT2D eigenvalue weighted by atomic mass is 35.5. The number of aromatic amines is 1. The number of H-pyrrole nitrogens is 1. The molecule has 0 radical (unpaired) electrons. The van der Waals surface area contributed by atoms with Gasteiger partial charge in [0.25, 0.3) is 5.92 Å². The van der Waals surface area contributed by atoms with Crippen molar-refractivity contribution in [2.45, 2.75) is 31.2 Å². The lowest BCUT2D eigenvalue weighted by atomic mass is 9.87. The Morgan fingerprint density at radius 3 is 2.71 bits per heavy atom. The number of nitrogens with zero attached hydrogens (tertiary/aromatic N) is 3. The molecule has 0 saturated carbocycles. The van der Waals surface area contributed by atoms with Gasteiger partial charge >= 0.3 is 0 Å². The highest BCUT2D eigenvalue weighted by Crippen LogP contribution is 2.40. The van der Waals surface area contributed by atoms with Gasteiger partial charge in [0.1, 0.15) is 11.6 Å². The lowest BCUT2D eigenvalue weighted by molar-refractivity contribution is -0.125. The zero-order valence-corrected chi connectivity index (χ0v) is 18.9. The van der Waals surface area contributed by atoms with Gasteiger partial charge < -0.3 is 15.0 Å². The molecular formula is C23H22ClF2N5O3. The van der Waals surface area contributed by atoms with Crippen molar-refractivity contribution in [2.24, 2.45) is 0 Å². The molecule has 2 N–H and O–H groups in total. The Kier molecular flexibility index (Phi) is 6.90. The van der Waals surface area contributed by atoms with Crippen molar-refractivity contribution in [1.29, 1.82) is 0 Å². The molecule has 8 nitrogen and oxygen atoms in total. The van der Waals surface area contributed by atoms with E-state index in [0.29, 0.717) is 28.0 Å². The number of carbonyl (C=O) groups is 1. The number of nitrogens with one attached hydrogen (secondary N) is 2. The van der Waals surface area contributed by atoms with Crippen molar-refractivity contribution in [3.05, 3.63) is 75.9 Å². The molecule has 2 atom stereocenters. The van der Waals surface area contributed by atoms with Crippen molar-refractivity contribution in [1.82, 2.24) is 19.9 Å². The lowest BCUT2D eigenvalue weighted by Gasteiger charge is -2.40. The molecule has 0 bridgehead atoms. The molecule has 34 heavy (non-hydrogen) atoms. The molecule has 1 amide bonds. The zero-order chi connectivity index (χ0) is 24.3. The number of rotatable bonds is 6. The number of carbonyl (C=O) groups excluding carboxylic acids is 1. The fourth-order valence-electron chi connectivity index (χ4n) is 3.72. The van der Waals surface area contributed by atoms with Gasteiger partial charge in [-0.15, -0.1) is 0 Å². The Bertz CT molecular complexity index is 1180. The van der Waals surface area contributed by atoms with E-state index in [4.69, 9.17) is 16.3 Å². The van der Waals surface area contributed by atoms with E-state index < -0.39 is 24.3 Å². The van der Waals surface area contributed by atoms with Crippen molar-refractivity contribution in [3.8, 4) is 11.6 Å². The second-order valence-corrected chi connectivity index (χ2v) is 8.44. The molecule has 1 fully saturated rings. The molecule has 4 rings (SSSR count). The Morgan fingerprint density at radius 2 is 2.06 bits per heavy atom. The summed E-state index contributed by atoms with van der Waals surface area (Å²) >= 11 is 5.80. The largest absolute Gasteiger partial charge is 0.437 e. The number of alkyl halides is 2. The molecule has 1 aliphatic rings. The standard InChI is InChI=1S/C23H22ClF2N5O3/c1-14(31-9-8-23(25,26)18(13-31)15-2-6-20(32)28-10-15)22(33)30-19-5-4-17(12-27-19)34-21-7-3-16(24)11-29-21/h2-7,10-12,14,18H,8-9,13H2,1H3,(H,28,32)(H,27,30,33)/t14?,18-/m1/s1. The van der Waals surface area contributed by atoms with Gasteiger partial charge in [-0.2, -0.15) is 0 Å². The smallest absolute Gasteiger partial charge is 0.257 e. The number of ether oxygens (including phenoxy) is 1. The number of halogens is 3. The van der Waals surface area contributed by atoms with E-state index in [1.807, 2.05) is 0 Å². The Labute approximate surface area is 198 Å². The van der Waals surface area contributed by atoms with Crippen LogP contribution in [0.1, 0.15) is 24.8 Å². The van der Waals surface area contributed by atoms with Crippen LogP contribution in [0.3, 0.4) is 0 Å². The van der Waals surface area contributed by atoms with Crippen molar-refractivity contribution in [3.63, 3.8) is 0 Å². The van der Waals surface area contributed by atoms with E-state index in [1.165, 1.54) is 30.7 Å². The molecule has 1 saturated heterocycles. The van der Waals surface area contributed by atoms with E-state index in [0.717, 1.165) is 0 Å². The summed E-state index contributed by atoms with van der Waals surface area (Å²) in [7, 11) is 0. The monoisotopic (exact) mass is 489 g/mol. The predicted octanol–water partition coefficient (Wildman–Crippen LogP) is 4.06. The van der Waals surface area contributed by atoms with Crippen LogP contribution in [-0.2, 0) is 4.79 Å². The minimum atomic E-state index is -2.94. The highest BCUT2D eigenvalue weighted by Gasteiger charge is 2.46. The summed E-state index contributed by atoms with van der Waals surface area (Å²) < 4.78 is 34.8. The minimum Gasteiger partial charge on any atom is -0.437 e. The molecular weight excluding hydrogens is 468 g/mol. The number of aromatic nitrogens is 3. The third-order valence-electron chi connectivity index (χ3n) is 5.71. The Hall–Kier alpha value is -3.37. The summed E-state index contributed by atoms with van der Waals surface area (Å²) in [5.41, 5.74) is -0.0323. The average Bonchev–Trinajstić information content (AvgIpc) is 2.82. The number of amides is 1. The molecule has 1 aliphatic heterocycles.